The Morgan fingerprint density at radius 1 is 1.27 bits per heavy atom. The highest BCUT2D eigenvalue weighted by Crippen LogP contribution is 1.96. The van der Waals surface area contributed by atoms with Crippen molar-refractivity contribution in [1.29, 1.82) is 0 Å². The molecular weight excluding hydrogens is 200 g/mol. The first-order valence-electron chi connectivity index (χ1n) is 4.99. The first-order chi connectivity index (χ1) is 7.02. The molecule has 0 aromatic rings. The molecule has 5 nitrogen and oxygen atoms in total. The predicted octanol–water partition coefficient (Wildman–Crippen LogP) is 0.644. The SMILES string of the molecule is CC(=O)OCCCC(=O)OCCC(C)O. The predicted molar refractivity (Wildman–Crippen MR) is 53.1 cm³/mol. The molecule has 0 saturated heterocycles. The van der Waals surface area contributed by atoms with Crippen molar-refractivity contribution in [1.82, 2.24) is 0 Å². The largest absolute Gasteiger partial charge is 0.466 e. The lowest BCUT2D eigenvalue weighted by Gasteiger charge is -2.06. The minimum absolute atomic E-state index is 0.226. The Balaban J connectivity index is 3.30. The van der Waals surface area contributed by atoms with Gasteiger partial charge in [0.05, 0.1) is 19.3 Å². The van der Waals surface area contributed by atoms with Crippen LogP contribution in [0.1, 0.15) is 33.1 Å². The molecule has 1 atom stereocenters. The number of carbonyl (C=O) groups is 2. The smallest absolute Gasteiger partial charge is 0.305 e. The van der Waals surface area contributed by atoms with Gasteiger partial charge in [-0.15, -0.1) is 0 Å². The van der Waals surface area contributed by atoms with Crippen LogP contribution in [-0.4, -0.2) is 36.4 Å². The van der Waals surface area contributed by atoms with Gasteiger partial charge in [0, 0.05) is 19.8 Å². The molecule has 15 heavy (non-hydrogen) atoms. The fraction of sp³-hybridized carbons (Fsp3) is 0.800. The topological polar surface area (TPSA) is 72.8 Å². The molecule has 0 aromatic heterocycles. The molecule has 5 heteroatoms. The first-order valence-corrected chi connectivity index (χ1v) is 4.99. The molecule has 88 valence electrons. The summed E-state index contributed by atoms with van der Waals surface area (Å²) < 4.78 is 9.47. The number of rotatable bonds is 7. The highest BCUT2D eigenvalue weighted by Gasteiger charge is 2.04. The molecule has 0 aromatic carbocycles. The van der Waals surface area contributed by atoms with Crippen LogP contribution in [0.5, 0.6) is 0 Å². The van der Waals surface area contributed by atoms with Gasteiger partial charge in [0.25, 0.3) is 0 Å². The summed E-state index contributed by atoms with van der Waals surface area (Å²) in [6.45, 7) is 3.42. The summed E-state index contributed by atoms with van der Waals surface area (Å²) in [6, 6.07) is 0. The van der Waals surface area contributed by atoms with Crippen molar-refractivity contribution in [2.45, 2.75) is 39.2 Å². The molecular formula is C10H18O5. The van der Waals surface area contributed by atoms with E-state index in [1.165, 1.54) is 6.92 Å². The lowest BCUT2D eigenvalue weighted by molar-refractivity contribution is -0.147. The summed E-state index contributed by atoms with van der Waals surface area (Å²) in [7, 11) is 0. The van der Waals surface area contributed by atoms with E-state index in [4.69, 9.17) is 9.84 Å². The maximum Gasteiger partial charge on any atom is 0.305 e. The van der Waals surface area contributed by atoms with Crippen LogP contribution >= 0.6 is 0 Å². The Bertz CT molecular complexity index is 200. The number of ether oxygens (including phenoxy) is 2. The van der Waals surface area contributed by atoms with E-state index >= 15 is 0 Å². The lowest BCUT2D eigenvalue weighted by atomic mass is 10.3. The normalized spacial score (nSPS) is 11.9. The van der Waals surface area contributed by atoms with Crippen LogP contribution in [0, 0.1) is 0 Å². The zero-order valence-corrected chi connectivity index (χ0v) is 9.19. The second kappa shape index (κ2) is 8.23. The first kappa shape index (κ1) is 13.9. The highest BCUT2D eigenvalue weighted by atomic mass is 16.5. The zero-order chi connectivity index (χ0) is 11.7. The van der Waals surface area contributed by atoms with Gasteiger partial charge >= 0.3 is 11.9 Å². The molecule has 0 rings (SSSR count). The van der Waals surface area contributed by atoms with E-state index < -0.39 is 6.10 Å². The van der Waals surface area contributed by atoms with E-state index in [0.717, 1.165) is 0 Å². The van der Waals surface area contributed by atoms with Crippen molar-refractivity contribution in [2.75, 3.05) is 13.2 Å². The van der Waals surface area contributed by atoms with Crippen LogP contribution in [-0.2, 0) is 19.1 Å². The number of esters is 2. The third-order valence-electron chi connectivity index (χ3n) is 1.63. The summed E-state index contributed by atoms with van der Waals surface area (Å²) in [6.07, 6.45) is 0.675. The van der Waals surface area contributed by atoms with Crippen LogP contribution in [0.25, 0.3) is 0 Å². The molecule has 0 aliphatic carbocycles. The third-order valence-corrected chi connectivity index (χ3v) is 1.63. The van der Waals surface area contributed by atoms with E-state index in [-0.39, 0.29) is 31.6 Å². The molecule has 0 heterocycles. The second-order valence-electron chi connectivity index (χ2n) is 3.30. The van der Waals surface area contributed by atoms with Crippen molar-refractivity contribution in [2.24, 2.45) is 0 Å². The van der Waals surface area contributed by atoms with Gasteiger partial charge in [-0.25, -0.2) is 0 Å². The van der Waals surface area contributed by atoms with E-state index in [0.29, 0.717) is 12.8 Å². The quantitative estimate of drug-likeness (QED) is 0.501. The van der Waals surface area contributed by atoms with E-state index in [2.05, 4.69) is 4.74 Å². The van der Waals surface area contributed by atoms with E-state index in [9.17, 15) is 9.59 Å². The highest BCUT2D eigenvalue weighted by molar-refractivity contribution is 5.69. The Hall–Kier alpha value is -1.10. The molecule has 0 amide bonds. The van der Waals surface area contributed by atoms with Crippen molar-refractivity contribution in [3.05, 3.63) is 0 Å². The van der Waals surface area contributed by atoms with Gasteiger partial charge in [0.15, 0.2) is 0 Å². The van der Waals surface area contributed by atoms with Crippen molar-refractivity contribution >= 4 is 11.9 Å². The van der Waals surface area contributed by atoms with Gasteiger partial charge < -0.3 is 14.6 Å². The molecule has 0 bridgehead atoms. The fourth-order valence-corrected chi connectivity index (χ4v) is 0.848. The van der Waals surface area contributed by atoms with Crippen molar-refractivity contribution in [3.63, 3.8) is 0 Å². The van der Waals surface area contributed by atoms with Crippen LogP contribution in [0.2, 0.25) is 0 Å². The number of carbonyl (C=O) groups excluding carboxylic acids is 2. The Morgan fingerprint density at radius 2 is 1.93 bits per heavy atom. The summed E-state index contributed by atoms with van der Waals surface area (Å²) in [5.41, 5.74) is 0. The summed E-state index contributed by atoms with van der Waals surface area (Å²) in [4.78, 5) is 21.4. The monoisotopic (exact) mass is 218 g/mol. The van der Waals surface area contributed by atoms with Gasteiger partial charge in [0.2, 0.25) is 0 Å². The molecule has 0 aliphatic heterocycles. The lowest BCUT2D eigenvalue weighted by Crippen LogP contribution is -2.11. The maximum atomic E-state index is 11.0. The van der Waals surface area contributed by atoms with E-state index in [1.54, 1.807) is 6.92 Å². The standard InChI is InChI=1S/C10H18O5/c1-8(11)5-7-15-10(13)4-3-6-14-9(2)12/h8,11H,3-7H2,1-2H3. The number of hydrogen-bond donors (Lipinski definition) is 1. The minimum Gasteiger partial charge on any atom is -0.466 e. The van der Waals surface area contributed by atoms with Crippen LogP contribution < -0.4 is 0 Å². The van der Waals surface area contributed by atoms with Crippen molar-refractivity contribution in [3.8, 4) is 0 Å². The number of aliphatic hydroxyl groups excluding tert-OH is 1. The molecule has 0 fully saturated rings. The number of hydrogen-bond acceptors (Lipinski definition) is 5. The summed E-state index contributed by atoms with van der Waals surface area (Å²) >= 11 is 0. The molecule has 0 radical (unpaired) electrons. The van der Waals surface area contributed by atoms with E-state index in [1.807, 2.05) is 0 Å². The van der Waals surface area contributed by atoms with Crippen LogP contribution in [0.3, 0.4) is 0 Å². The maximum absolute atomic E-state index is 11.0. The Morgan fingerprint density at radius 3 is 2.47 bits per heavy atom. The van der Waals surface area contributed by atoms with Crippen LogP contribution in [0.4, 0.5) is 0 Å². The van der Waals surface area contributed by atoms with Crippen LogP contribution in [0.15, 0.2) is 0 Å². The molecule has 0 spiro atoms. The van der Waals surface area contributed by atoms with Gasteiger partial charge in [-0.3, -0.25) is 9.59 Å². The summed E-state index contributed by atoms with van der Waals surface area (Å²) in [5, 5.41) is 8.89. The van der Waals surface area contributed by atoms with Gasteiger partial charge in [-0.1, -0.05) is 0 Å². The summed E-state index contributed by atoms with van der Waals surface area (Å²) in [5.74, 6) is -0.680. The molecule has 0 aliphatic rings. The van der Waals surface area contributed by atoms with Gasteiger partial charge in [-0.2, -0.15) is 0 Å². The Kier molecular flexibility index (Phi) is 7.62. The zero-order valence-electron chi connectivity index (χ0n) is 9.19. The van der Waals surface area contributed by atoms with Gasteiger partial charge in [0.1, 0.15) is 0 Å². The third kappa shape index (κ3) is 10.8. The average molecular weight is 218 g/mol. The molecule has 1 unspecified atom stereocenters. The molecule has 0 saturated carbocycles. The average Bonchev–Trinajstić information content (AvgIpc) is 2.11. The number of aliphatic hydroxyl groups is 1. The van der Waals surface area contributed by atoms with Crippen molar-refractivity contribution < 1.29 is 24.2 Å². The second-order valence-corrected chi connectivity index (χ2v) is 3.30. The Labute approximate surface area is 89.4 Å². The molecule has 1 N–H and O–H groups in total. The minimum atomic E-state index is -0.459. The fourth-order valence-electron chi connectivity index (χ4n) is 0.848. The van der Waals surface area contributed by atoms with Gasteiger partial charge in [-0.05, 0) is 13.3 Å².